The maximum absolute atomic E-state index is 12.5. The summed E-state index contributed by atoms with van der Waals surface area (Å²) in [6.45, 7) is 3.52. The quantitative estimate of drug-likeness (QED) is 0.935. The smallest absolute Gasteiger partial charge is 0.226 e. The number of benzene rings is 2. The van der Waals surface area contributed by atoms with Crippen LogP contribution in [0.15, 0.2) is 54.6 Å². The standard InChI is InChI=1S/C21H25NO2/c1-16-6-5-7-17(14-16)15-20(23)22-12-10-19(11-13-22)21(24)18-8-3-2-4-9-18/h2-9,14,19,21,24H,10-13,15H2,1H3. The van der Waals surface area contributed by atoms with Gasteiger partial charge in [-0.05, 0) is 36.8 Å². The average molecular weight is 323 g/mol. The van der Waals surface area contributed by atoms with Crippen molar-refractivity contribution in [3.63, 3.8) is 0 Å². The molecule has 0 aliphatic carbocycles. The van der Waals surface area contributed by atoms with Gasteiger partial charge < -0.3 is 10.0 Å². The summed E-state index contributed by atoms with van der Waals surface area (Å²) in [5, 5.41) is 10.5. The number of hydrogen-bond acceptors (Lipinski definition) is 2. The minimum atomic E-state index is -0.430. The van der Waals surface area contributed by atoms with E-state index in [4.69, 9.17) is 0 Å². The third-order valence-electron chi connectivity index (χ3n) is 4.92. The SMILES string of the molecule is Cc1cccc(CC(=O)N2CCC(C(O)c3ccccc3)CC2)c1. The zero-order chi connectivity index (χ0) is 16.9. The Bertz CT molecular complexity index is 675. The Kier molecular flexibility index (Phi) is 5.31. The topological polar surface area (TPSA) is 40.5 Å². The van der Waals surface area contributed by atoms with Crippen molar-refractivity contribution in [2.75, 3.05) is 13.1 Å². The summed E-state index contributed by atoms with van der Waals surface area (Å²) in [6.07, 6.45) is 1.75. The van der Waals surface area contributed by atoms with Crippen LogP contribution in [0.3, 0.4) is 0 Å². The molecule has 1 amide bonds. The highest BCUT2D eigenvalue weighted by atomic mass is 16.3. The number of rotatable bonds is 4. The van der Waals surface area contributed by atoms with Crippen molar-refractivity contribution in [3.8, 4) is 0 Å². The molecule has 1 aliphatic heterocycles. The molecule has 0 saturated carbocycles. The van der Waals surface area contributed by atoms with E-state index < -0.39 is 6.10 Å². The van der Waals surface area contributed by atoms with Crippen molar-refractivity contribution in [1.82, 2.24) is 4.90 Å². The van der Waals surface area contributed by atoms with Crippen LogP contribution in [0.5, 0.6) is 0 Å². The van der Waals surface area contributed by atoms with Crippen molar-refractivity contribution < 1.29 is 9.90 Å². The number of aliphatic hydroxyl groups excluding tert-OH is 1. The lowest BCUT2D eigenvalue weighted by Gasteiger charge is -2.34. The lowest BCUT2D eigenvalue weighted by Crippen LogP contribution is -2.40. The molecule has 1 fully saturated rings. The van der Waals surface area contributed by atoms with Crippen molar-refractivity contribution in [2.24, 2.45) is 5.92 Å². The zero-order valence-corrected chi connectivity index (χ0v) is 14.2. The molecule has 1 N–H and O–H groups in total. The monoisotopic (exact) mass is 323 g/mol. The average Bonchev–Trinajstić information content (AvgIpc) is 2.62. The summed E-state index contributed by atoms with van der Waals surface area (Å²) in [5.41, 5.74) is 3.23. The van der Waals surface area contributed by atoms with Crippen LogP contribution in [0, 0.1) is 12.8 Å². The molecular formula is C21H25NO2. The minimum Gasteiger partial charge on any atom is -0.388 e. The van der Waals surface area contributed by atoms with Crippen molar-refractivity contribution in [3.05, 3.63) is 71.3 Å². The van der Waals surface area contributed by atoms with Crippen LogP contribution in [0.2, 0.25) is 0 Å². The fourth-order valence-electron chi connectivity index (χ4n) is 3.50. The maximum Gasteiger partial charge on any atom is 0.226 e. The van der Waals surface area contributed by atoms with Gasteiger partial charge >= 0.3 is 0 Å². The lowest BCUT2D eigenvalue weighted by molar-refractivity contribution is -0.132. The predicted molar refractivity (Wildman–Crippen MR) is 95.6 cm³/mol. The Morgan fingerprint density at radius 1 is 1.12 bits per heavy atom. The molecule has 1 saturated heterocycles. The van der Waals surface area contributed by atoms with Gasteiger partial charge in [0.25, 0.3) is 0 Å². The Morgan fingerprint density at radius 2 is 1.83 bits per heavy atom. The summed E-state index contributed by atoms with van der Waals surface area (Å²) >= 11 is 0. The first-order valence-electron chi connectivity index (χ1n) is 8.70. The van der Waals surface area contributed by atoms with Gasteiger partial charge in [-0.1, -0.05) is 60.2 Å². The van der Waals surface area contributed by atoms with Crippen LogP contribution in [-0.4, -0.2) is 29.0 Å². The van der Waals surface area contributed by atoms with Gasteiger partial charge in [0, 0.05) is 13.1 Å². The van der Waals surface area contributed by atoms with Gasteiger partial charge in [-0.15, -0.1) is 0 Å². The van der Waals surface area contributed by atoms with Crippen molar-refractivity contribution >= 4 is 5.91 Å². The number of aliphatic hydroxyl groups is 1. The number of amides is 1. The predicted octanol–water partition coefficient (Wildman–Crippen LogP) is 3.51. The van der Waals surface area contributed by atoms with Gasteiger partial charge in [-0.25, -0.2) is 0 Å². The van der Waals surface area contributed by atoms with Crippen molar-refractivity contribution in [1.29, 1.82) is 0 Å². The molecule has 1 atom stereocenters. The second kappa shape index (κ2) is 7.63. The van der Waals surface area contributed by atoms with E-state index in [0.29, 0.717) is 6.42 Å². The Morgan fingerprint density at radius 3 is 2.50 bits per heavy atom. The van der Waals surface area contributed by atoms with Gasteiger partial charge in [0.05, 0.1) is 12.5 Å². The Balaban J connectivity index is 1.54. The molecule has 0 spiro atoms. The Labute approximate surface area is 143 Å². The van der Waals surface area contributed by atoms with Gasteiger partial charge in [-0.3, -0.25) is 4.79 Å². The van der Waals surface area contributed by atoms with E-state index in [1.807, 2.05) is 60.4 Å². The molecule has 24 heavy (non-hydrogen) atoms. The highest BCUT2D eigenvalue weighted by Gasteiger charge is 2.28. The van der Waals surface area contributed by atoms with Crippen LogP contribution >= 0.6 is 0 Å². The molecule has 1 aliphatic rings. The van der Waals surface area contributed by atoms with Crippen LogP contribution < -0.4 is 0 Å². The number of carbonyl (C=O) groups is 1. The van der Waals surface area contributed by atoms with Crippen LogP contribution in [0.1, 0.15) is 35.6 Å². The number of nitrogens with zero attached hydrogens (tertiary/aromatic N) is 1. The molecule has 0 radical (unpaired) electrons. The number of likely N-dealkylation sites (tertiary alicyclic amines) is 1. The highest BCUT2D eigenvalue weighted by molar-refractivity contribution is 5.78. The molecule has 0 aromatic heterocycles. The van der Waals surface area contributed by atoms with Crippen LogP contribution in [0.25, 0.3) is 0 Å². The molecule has 1 unspecified atom stereocenters. The van der Waals surface area contributed by atoms with Gasteiger partial charge in [0.1, 0.15) is 0 Å². The number of piperidine rings is 1. The molecular weight excluding hydrogens is 298 g/mol. The van der Waals surface area contributed by atoms with Crippen molar-refractivity contribution in [2.45, 2.75) is 32.3 Å². The van der Waals surface area contributed by atoms with E-state index in [-0.39, 0.29) is 11.8 Å². The second-order valence-electron chi connectivity index (χ2n) is 6.74. The number of hydrogen-bond donors (Lipinski definition) is 1. The fraction of sp³-hybridized carbons (Fsp3) is 0.381. The molecule has 2 aromatic rings. The third kappa shape index (κ3) is 4.04. The van der Waals surface area contributed by atoms with E-state index in [1.54, 1.807) is 0 Å². The van der Waals surface area contributed by atoms with E-state index in [0.717, 1.165) is 37.1 Å². The van der Waals surface area contributed by atoms with Crippen LogP contribution in [0.4, 0.5) is 0 Å². The molecule has 3 nitrogen and oxygen atoms in total. The third-order valence-corrected chi connectivity index (χ3v) is 4.92. The van der Waals surface area contributed by atoms with Gasteiger partial charge in [0.2, 0.25) is 5.91 Å². The summed E-state index contributed by atoms with van der Waals surface area (Å²) in [7, 11) is 0. The highest BCUT2D eigenvalue weighted by Crippen LogP contribution is 2.30. The first-order valence-corrected chi connectivity index (χ1v) is 8.70. The second-order valence-corrected chi connectivity index (χ2v) is 6.74. The molecule has 126 valence electrons. The number of aryl methyl sites for hydroxylation is 1. The van der Waals surface area contributed by atoms with Gasteiger partial charge in [-0.2, -0.15) is 0 Å². The molecule has 3 rings (SSSR count). The zero-order valence-electron chi connectivity index (χ0n) is 14.2. The fourth-order valence-corrected chi connectivity index (χ4v) is 3.50. The summed E-state index contributed by atoms with van der Waals surface area (Å²) in [5.74, 6) is 0.420. The first-order chi connectivity index (χ1) is 11.6. The van der Waals surface area contributed by atoms with E-state index in [2.05, 4.69) is 6.07 Å². The van der Waals surface area contributed by atoms with Gasteiger partial charge in [0.15, 0.2) is 0 Å². The molecule has 2 aromatic carbocycles. The summed E-state index contributed by atoms with van der Waals surface area (Å²) in [4.78, 5) is 14.4. The first kappa shape index (κ1) is 16.7. The summed E-state index contributed by atoms with van der Waals surface area (Å²) < 4.78 is 0. The maximum atomic E-state index is 12.5. The Hall–Kier alpha value is -2.13. The largest absolute Gasteiger partial charge is 0.388 e. The van der Waals surface area contributed by atoms with E-state index in [1.165, 1.54) is 5.56 Å². The lowest BCUT2D eigenvalue weighted by atomic mass is 9.87. The normalized spacial score (nSPS) is 16.8. The molecule has 1 heterocycles. The van der Waals surface area contributed by atoms with Crippen LogP contribution in [-0.2, 0) is 11.2 Å². The molecule has 3 heteroatoms. The number of carbonyl (C=O) groups excluding carboxylic acids is 1. The molecule has 0 bridgehead atoms. The van der Waals surface area contributed by atoms with E-state index in [9.17, 15) is 9.90 Å². The van der Waals surface area contributed by atoms with E-state index >= 15 is 0 Å². The summed E-state index contributed by atoms with van der Waals surface area (Å²) in [6, 6.07) is 18.0. The minimum absolute atomic E-state index is 0.188.